The average molecular weight is 284 g/mol. The van der Waals surface area contributed by atoms with Gasteiger partial charge in [0.05, 0.1) is 16.1 Å². The van der Waals surface area contributed by atoms with E-state index in [2.05, 4.69) is 23.5 Å². The third-order valence-electron chi connectivity index (χ3n) is 3.68. The third kappa shape index (κ3) is 2.08. The molecule has 0 atom stereocenters. The highest BCUT2D eigenvalue weighted by Gasteiger charge is 2.17. The smallest absolute Gasteiger partial charge is 0.271 e. The summed E-state index contributed by atoms with van der Waals surface area (Å²) in [6.45, 7) is 4.12. The molecule has 6 heteroatoms. The van der Waals surface area contributed by atoms with E-state index in [0.717, 1.165) is 22.2 Å². The maximum atomic E-state index is 11.0. The second-order valence-corrected chi connectivity index (χ2v) is 5.34. The summed E-state index contributed by atoms with van der Waals surface area (Å²) in [6, 6.07) is 7.16. The van der Waals surface area contributed by atoms with Gasteiger partial charge in [0.15, 0.2) is 0 Å². The highest BCUT2D eigenvalue weighted by atomic mass is 16.6. The molecule has 3 rings (SSSR count). The van der Waals surface area contributed by atoms with E-state index < -0.39 is 0 Å². The van der Waals surface area contributed by atoms with Crippen LogP contribution in [0.15, 0.2) is 36.7 Å². The van der Waals surface area contributed by atoms with Crippen LogP contribution in [0.1, 0.15) is 19.9 Å². The number of nitrogens with zero attached hydrogens (tertiary/aromatic N) is 4. The standard InChI is InChI=1S/C15H16N4O2/c1-10(2)18-9-13(14-6-7-16-17(14)3)12-5-4-11(19(20)21)8-15(12)18/h4-10H,1-3H3. The molecule has 3 aromatic rings. The van der Waals surface area contributed by atoms with Crippen molar-refractivity contribution in [2.24, 2.45) is 7.05 Å². The van der Waals surface area contributed by atoms with Crippen molar-refractivity contribution in [1.29, 1.82) is 0 Å². The van der Waals surface area contributed by atoms with Gasteiger partial charge in [0.2, 0.25) is 0 Å². The van der Waals surface area contributed by atoms with Gasteiger partial charge in [-0.25, -0.2) is 0 Å². The molecule has 0 aliphatic rings. The summed E-state index contributed by atoms with van der Waals surface area (Å²) in [6.07, 6.45) is 3.79. The molecule has 2 heterocycles. The van der Waals surface area contributed by atoms with Crippen molar-refractivity contribution in [1.82, 2.24) is 14.3 Å². The van der Waals surface area contributed by atoms with Crippen molar-refractivity contribution in [2.45, 2.75) is 19.9 Å². The van der Waals surface area contributed by atoms with Crippen LogP contribution in [-0.2, 0) is 7.05 Å². The van der Waals surface area contributed by atoms with Crippen molar-refractivity contribution < 1.29 is 4.92 Å². The third-order valence-corrected chi connectivity index (χ3v) is 3.68. The number of hydrogen-bond donors (Lipinski definition) is 0. The van der Waals surface area contributed by atoms with E-state index in [9.17, 15) is 10.1 Å². The van der Waals surface area contributed by atoms with E-state index in [1.807, 2.05) is 25.4 Å². The minimum absolute atomic E-state index is 0.110. The van der Waals surface area contributed by atoms with Gasteiger partial charge >= 0.3 is 0 Å². The van der Waals surface area contributed by atoms with Crippen molar-refractivity contribution in [3.8, 4) is 11.3 Å². The monoisotopic (exact) mass is 284 g/mol. The van der Waals surface area contributed by atoms with Crippen LogP contribution < -0.4 is 0 Å². The maximum absolute atomic E-state index is 11.0. The molecule has 1 aromatic carbocycles. The summed E-state index contributed by atoms with van der Waals surface area (Å²) in [5, 5.41) is 16.2. The largest absolute Gasteiger partial charge is 0.344 e. The van der Waals surface area contributed by atoms with Crippen LogP contribution >= 0.6 is 0 Å². The van der Waals surface area contributed by atoms with Crippen molar-refractivity contribution in [3.63, 3.8) is 0 Å². The lowest BCUT2D eigenvalue weighted by Crippen LogP contribution is -1.98. The maximum Gasteiger partial charge on any atom is 0.271 e. The molecule has 0 spiro atoms. The molecule has 0 fully saturated rings. The van der Waals surface area contributed by atoms with Crippen LogP contribution in [-0.4, -0.2) is 19.3 Å². The Hall–Kier alpha value is -2.63. The zero-order chi connectivity index (χ0) is 15.1. The van der Waals surface area contributed by atoms with Gasteiger partial charge in [0, 0.05) is 48.6 Å². The molecule has 0 unspecified atom stereocenters. The van der Waals surface area contributed by atoms with Gasteiger partial charge in [-0.1, -0.05) is 0 Å². The quantitative estimate of drug-likeness (QED) is 0.546. The second kappa shape index (κ2) is 4.73. The normalized spacial score (nSPS) is 11.4. The van der Waals surface area contributed by atoms with Crippen LogP contribution in [0.4, 0.5) is 5.69 Å². The lowest BCUT2D eigenvalue weighted by molar-refractivity contribution is -0.384. The number of aromatic nitrogens is 3. The zero-order valence-corrected chi connectivity index (χ0v) is 12.1. The fourth-order valence-corrected chi connectivity index (χ4v) is 2.62. The summed E-state index contributed by atoms with van der Waals surface area (Å²) < 4.78 is 3.87. The molecule has 0 N–H and O–H groups in total. The fraction of sp³-hybridized carbons (Fsp3) is 0.267. The van der Waals surface area contributed by atoms with Gasteiger partial charge in [0.1, 0.15) is 0 Å². The first kappa shape index (κ1) is 13.4. The van der Waals surface area contributed by atoms with E-state index in [1.54, 1.807) is 23.0 Å². The molecule has 0 aliphatic carbocycles. The Labute approximate surface area is 121 Å². The molecule has 0 aliphatic heterocycles. The molecule has 0 bridgehead atoms. The number of non-ortho nitro benzene ring substituents is 1. The Balaban J connectivity index is 2.33. The summed E-state index contributed by atoms with van der Waals surface area (Å²) in [5.74, 6) is 0. The van der Waals surface area contributed by atoms with Gasteiger partial charge in [-0.3, -0.25) is 14.8 Å². The molecular weight excluding hydrogens is 268 g/mol. The SMILES string of the molecule is CC(C)n1cc(-c2ccnn2C)c2ccc([N+](=O)[O-])cc21. The second-order valence-electron chi connectivity index (χ2n) is 5.34. The number of aryl methyl sites for hydroxylation is 1. The predicted octanol–water partition coefficient (Wildman–Crippen LogP) is 3.53. The fourth-order valence-electron chi connectivity index (χ4n) is 2.62. The number of benzene rings is 1. The van der Waals surface area contributed by atoms with Crippen LogP contribution in [0, 0.1) is 10.1 Å². The van der Waals surface area contributed by atoms with Gasteiger partial charge in [-0.05, 0) is 26.0 Å². The molecule has 0 saturated carbocycles. The molecule has 21 heavy (non-hydrogen) atoms. The molecule has 108 valence electrons. The molecule has 6 nitrogen and oxygen atoms in total. The lowest BCUT2D eigenvalue weighted by Gasteiger charge is -2.08. The molecule has 0 radical (unpaired) electrons. The highest BCUT2D eigenvalue weighted by Crippen LogP contribution is 2.34. The van der Waals surface area contributed by atoms with Crippen LogP contribution in [0.25, 0.3) is 22.2 Å². The van der Waals surface area contributed by atoms with Crippen molar-refractivity contribution >= 4 is 16.6 Å². The van der Waals surface area contributed by atoms with E-state index in [1.165, 1.54) is 0 Å². The Morgan fingerprint density at radius 3 is 2.62 bits per heavy atom. The van der Waals surface area contributed by atoms with E-state index in [-0.39, 0.29) is 16.7 Å². The van der Waals surface area contributed by atoms with Gasteiger partial charge in [-0.2, -0.15) is 5.10 Å². The predicted molar refractivity (Wildman–Crippen MR) is 81.2 cm³/mol. The first-order valence-electron chi connectivity index (χ1n) is 6.76. The van der Waals surface area contributed by atoms with Crippen molar-refractivity contribution in [3.05, 3.63) is 46.8 Å². The molecular formula is C15H16N4O2. The number of rotatable bonds is 3. The highest BCUT2D eigenvalue weighted by molar-refractivity contribution is 5.96. The van der Waals surface area contributed by atoms with Crippen molar-refractivity contribution in [2.75, 3.05) is 0 Å². The molecule has 2 aromatic heterocycles. The number of fused-ring (bicyclic) bond motifs is 1. The molecule has 0 saturated heterocycles. The first-order valence-corrected chi connectivity index (χ1v) is 6.76. The van der Waals surface area contributed by atoms with E-state index >= 15 is 0 Å². The minimum Gasteiger partial charge on any atom is -0.344 e. The summed E-state index contributed by atoms with van der Waals surface area (Å²) >= 11 is 0. The average Bonchev–Trinajstić information content (AvgIpc) is 3.01. The van der Waals surface area contributed by atoms with E-state index in [0.29, 0.717) is 0 Å². The Kier molecular flexibility index (Phi) is 3.01. The first-order chi connectivity index (χ1) is 9.99. The van der Waals surface area contributed by atoms with Gasteiger partial charge in [0.25, 0.3) is 5.69 Å². The minimum atomic E-state index is -0.360. The van der Waals surface area contributed by atoms with Crippen LogP contribution in [0.2, 0.25) is 0 Å². The van der Waals surface area contributed by atoms with Crippen LogP contribution in [0.3, 0.4) is 0 Å². The number of nitro groups is 1. The molecule has 0 amide bonds. The summed E-state index contributed by atoms with van der Waals surface area (Å²) in [5.41, 5.74) is 3.01. The number of nitro benzene ring substituents is 1. The van der Waals surface area contributed by atoms with Gasteiger partial charge in [-0.15, -0.1) is 0 Å². The zero-order valence-electron chi connectivity index (χ0n) is 12.1. The van der Waals surface area contributed by atoms with Gasteiger partial charge < -0.3 is 4.57 Å². The topological polar surface area (TPSA) is 65.9 Å². The lowest BCUT2D eigenvalue weighted by atomic mass is 10.1. The van der Waals surface area contributed by atoms with Crippen LogP contribution in [0.5, 0.6) is 0 Å². The summed E-state index contributed by atoms with van der Waals surface area (Å²) in [4.78, 5) is 10.6. The Bertz CT molecular complexity index is 829. The Morgan fingerprint density at radius 2 is 2.05 bits per heavy atom. The van der Waals surface area contributed by atoms with E-state index in [4.69, 9.17) is 0 Å². The Morgan fingerprint density at radius 1 is 1.29 bits per heavy atom. The summed E-state index contributed by atoms with van der Waals surface area (Å²) in [7, 11) is 1.89. The number of hydrogen-bond acceptors (Lipinski definition) is 3.